The summed E-state index contributed by atoms with van der Waals surface area (Å²) in [6.07, 6.45) is 1.95. The van der Waals surface area contributed by atoms with Crippen LogP contribution in [0.2, 0.25) is 0 Å². The van der Waals surface area contributed by atoms with Crippen molar-refractivity contribution in [3.8, 4) is 0 Å². The largest absolute Gasteiger partial charge is 0.398 e. The van der Waals surface area contributed by atoms with E-state index >= 15 is 0 Å². The van der Waals surface area contributed by atoms with Crippen LogP contribution in [0.25, 0.3) is 0 Å². The fraction of sp³-hybridized carbons (Fsp3) is 0.462. The van der Waals surface area contributed by atoms with Crippen LogP contribution in [-0.4, -0.2) is 23.9 Å². The van der Waals surface area contributed by atoms with E-state index in [1.807, 2.05) is 4.90 Å². The van der Waals surface area contributed by atoms with Crippen molar-refractivity contribution in [2.45, 2.75) is 26.7 Å². The van der Waals surface area contributed by atoms with Gasteiger partial charge in [0.15, 0.2) is 0 Å². The Bertz CT molecular complexity index is 387. The molecule has 0 aliphatic heterocycles. The molecule has 1 aromatic rings. The molecule has 0 saturated heterocycles. The van der Waals surface area contributed by atoms with Crippen LogP contribution in [0.3, 0.4) is 0 Å². The van der Waals surface area contributed by atoms with Gasteiger partial charge in [-0.2, -0.15) is 0 Å². The third kappa shape index (κ3) is 3.73. The lowest BCUT2D eigenvalue weighted by Gasteiger charge is -2.21. The highest BCUT2D eigenvalue weighted by Gasteiger charge is 2.14. The Balaban J connectivity index is 2.88. The van der Waals surface area contributed by atoms with E-state index < -0.39 is 0 Å². The molecule has 0 saturated carbocycles. The van der Waals surface area contributed by atoms with Gasteiger partial charge in [0.2, 0.25) is 0 Å². The summed E-state index contributed by atoms with van der Waals surface area (Å²) in [6.45, 7) is 5.76. The lowest BCUT2D eigenvalue weighted by atomic mass is 10.1. The molecule has 94 valence electrons. The number of rotatable bonds is 5. The van der Waals surface area contributed by atoms with Gasteiger partial charge in [0.05, 0.1) is 0 Å². The molecule has 0 spiro atoms. The van der Waals surface area contributed by atoms with E-state index in [0.29, 0.717) is 11.3 Å². The number of anilines is 1. The molecule has 0 bridgehead atoms. The number of carbonyl (C=O) groups is 1. The van der Waals surface area contributed by atoms with E-state index in [1.165, 1.54) is 0 Å². The van der Waals surface area contributed by atoms with Crippen molar-refractivity contribution in [1.82, 2.24) is 4.90 Å². The standard InChI is InChI=1S/C13H19BrN2O/c1-3-7-16(8-4-2)13(17)10-5-6-12(15)11(14)9-10/h5-6,9H,3-4,7-8,15H2,1-2H3. The predicted molar refractivity (Wildman–Crippen MR) is 75.0 cm³/mol. The van der Waals surface area contributed by atoms with Gasteiger partial charge in [0.25, 0.3) is 5.91 Å². The highest BCUT2D eigenvalue weighted by Crippen LogP contribution is 2.21. The molecule has 2 N–H and O–H groups in total. The minimum absolute atomic E-state index is 0.0781. The Morgan fingerprint density at radius 1 is 1.29 bits per heavy atom. The van der Waals surface area contributed by atoms with Crippen molar-refractivity contribution in [3.63, 3.8) is 0 Å². The third-order valence-corrected chi connectivity index (χ3v) is 3.21. The zero-order chi connectivity index (χ0) is 12.8. The maximum Gasteiger partial charge on any atom is 0.253 e. The molecule has 0 aromatic heterocycles. The number of hydrogen-bond donors (Lipinski definition) is 1. The number of nitrogen functional groups attached to an aromatic ring is 1. The number of nitrogens with zero attached hydrogens (tertiary/aromatic N) is 1. The topological polar surface area (TPSA) is 46.3 Å². The SMILES string of the molecule is CCCN(CCC)C(=O)c1ccc(N)c(Br)c1. The average molecular weight is 299 g/mol. The quantitative estimate of drug-likeness (QED) is 0.848. The Morgan fingerprint density at radius 2 is 1.88 bits per heavy atom. The summed E-state index contributed by atoms with van der Waals surface area (Å²) in [5.74, 6) is 0.0781. The minimum Gasteiger partial charge on any atom is -0.398 e. The maximum absolute atomic E-state index is 12.3. The molecule has 0 aliphatic rings. The van der Waals surface area contributed by atoms with Crippen LogP contribution in [0.15, 0.2) is 22.7 Å². The summed E-state index contributed by atoms with van der Waals surface area (Å²) in [4.78, 5) is 14.1. The number of carbonyl (C=O) groups excluding carboxylic acids is 1. The summed E-state index contributed by atoms with van der Waals surface area (Å²) in [7, 11) is 0. The summed E-state index contributed by atoms with van der Waals surface area (Å²) in [5, 5.41) is 0. The molecule has 1 amide bonds. The van der Waals surface area contributed by atoms with E-state index in [4.69, 9.17) is 5.73 Å². The Kier molecular flexibility index (Phi) is 5.48. The second-order valence-corrected chi connectivity index (χ2v) is 4.88. The van der Waals surface area contributed by atoms with Crippen molar-refractivity contribution in [2.75, 3.05) is 18.8 Å². The van der Waals surface area contributed by atoms with Gasteiger partial charge in [0, 0.05) is 28.8 Å². The molecule has 0 radical (unpaired) electrons. The summed E-state index contributed by atoms with van der Waals surface area (Å²) < 4.78 is 0.774. The van der Waals surface area contributed by atoms with Crippen molar-refractivity contribution in [2.24, 2.45) is 0 Å². The number of nitrogens with two attached hydrogens (primary N) is 1. The minimum atomic E-state index is 0.0781. The number of amides is 1. The predicted octanol–water partition coefficient (Wildman–Crippen LogP) is 3.29. The van der Waals surface area contributed by atoms with Gasteiger partial charge < -0.3 is 10.6 Å². The van der Waals surface area contributed by atoms with Gasteiger partial charge in [-0.25, -0.2) is 0 Å². The Morgan fingerprint density at radius 3 is 2.35 bits per heavy atom. The molecule has 1 rings (SSSR count). The van der Waals surface area contributed by atoms with E-state index in [2.05, 4.69) is 29.8 Å². The van der Waals surface area contributed by atoms with Crippen LogP contribution in [-0.2, 0) is 0 Å². The van der Waals surface area contributed by atoms with Crippen LogP contribution in [0, 0.1) is 0 Å². The monoisotopic (exact) mass is 298 g/mol. The van der Waals surface area contributed by atoms with E-state index in [9.17, 15) is 4.79 Å². The van der Waals surface area contributed by atoms with Crippen molar-refractivity contribution >= 4 is 27.5 Å². The first kappa shape index (κ1) is 14.0. The molecular formula is C13H19BrN2O. The highest BCUT2D eigenvalue weighted by molar-refractivity contribution is 9.10. The Labute approximate surface area is 111 Å². The second-order valence-electron chi connectivity index (χ2n) is 4.03. The summed E-state index contributed by atoms with van der Waals surface area (Å²) >= 11 is 3.35. The molecule has 0 aliphatic carbocycles. The van der Waals surface area contributed by atoms with Gasteiger partial charge in [-0.1, -0.05) is 13.8 Å². The van der Waals surface area contributed by atoms with Crippen molar-refractivity contribution in [3.05, 3.63) is 28.2 Å². The van der Waals surface area contributed by atoms with Crippen LogP contribution < -0.4 is 5.73 Å². The second kappa shape index (κ2) is 6.64. The number of benzene rings is 1. The fourth-order valence-electron chi connectivity index (χ4n) is 1.70. The molecule has 0 fully saturated rings. The normalized spacial score (nSPS) is 10.3. The zero-order valence-electron chi connectivity index (χ0n) is 10.4. The lowest BCUT2D eigenvalue weighted by molar-refractivity contribution is 0.0755. The Hall–Kier alpha value is -1.03. The molecule has 4 heteroatoms. The molecule has 0 heterocycles. The number of halogens is 1. The average Bonchev–Trinajstić information content (AvgIpc) is 2.31. The number of hydrogen-bond acceptors (Lipinski definition) is 2. The van der Waals surface area contributed by atoms with E-state index in [1.54, 1.807) is 18.2 Å². The first-order valence-corrected chi connectivity index (χ1v) is 6.73. The van der Waals surface area contributed by atoms with Crippen molar-refractivity contribution in [1.29, 1.82) is 0 Å². The molecule has 0 atom stereocenters. The maximum atomic E-state index is 12.3. The van der Waals surface area contributed by atoms with E-state index in [0.717, 1.165) is 30.4 Å². The first-order chi connectivity index (χ1) is 8.10. The molecule has 1 aromatic carbocycles. The van der Waals surface area contributed by atoms with Crippen LogP contribution >= 0.6 is 15.9 Å². The van der Waals surface area contributed by atoms with Gasteiger partial charge in [-0.05, 0) is 47.0 Å². The van der Waals surface area contributed by atoms with Gasteiger partial charge >= 0.3 is 0 Å². The van der Waals surface area contributed by atoms with Crippen molar-refractivity contribution < 1.29 is 4.79 Å². The van der Waals surface area contributed by atoms with E-state index in [-0.39, 0.29) is 5.91 Å². The third-order valence-electron chi connectivity index (χ3n) is 2.52. The highest BCUT2D eigenvalue weighted by atomic mass is 79.9. The van der Waals surface area contributed by atoms with Gasteiger partial charge in [0.1, 0.15) is 0 Å². The fourth-order valence-corrected chi connectivity index (χ4v) is 2.08. The van der Waals surface area contributed by atoms with Crippen LogP contribution in [0.1, 0.15) is 37.0 Å². The van der Waals surface area contributed by atoms with Gasteiger partial charge in [-0.15, -0.1) is 0 Å². The first-order valence-electron chi connectivity index (χ1n) is 5.94. The zero-order valence-corrected chi connectivity index (χ0v) is 12.0. The molecule has 3 nitrogen and oxygen atoms in total. The summed E-state index contributed by atoms with van der Waals surface area (Å²) in [5.41, 5.74) is 7.05. The van der Waals surface area contributed by atoms with Crippen LogP contribution in [0.4, 0.5) is 5.69 Å². The molecule has 0 unspecified atom stereocenters. The lowest BCUT2D eigenvalue weighted by Crippen LogP contribution is -2.32. The van der Waals surface area contributed by atoms with Crippen LogP contribution in [0.5, 0.6) is 0 Å². The van der Waals surface area contributed by atoms with Gasteiger partial charge in [-0.3, -0.25) is 4.79 Å². The smallest absolute Gasteiger partial charge is 0.253 e. The summed E-state index contributed by atoms with van der Waals surface area (Å²) in [6, 6.07) is 5.32. The molecule has 17 heavy (non-hydrogen) atoms. The molecular weight excluding hydrogens is 280 g/mol.